The first kappa shape index (κ1) is 43.2. The number of aryl methyl sites for hydroxylation is 2. The topological polar surface area (TPSA) is 93.2 Å². The van der Waals surface area contributed by atoms with Crippen LogP contribution in [0.25, 0.3) is 33.0 Å². The number of pyridine rings is 1. The van der Waals surface area contributed by atoms with Crippen LogP contribution >= 0.6 is 0 Å². The van der Waals surface area contributed by atoms with E-state index in [0.29, 0.717) is 34.9 Å². The van der Waals surface area contributed by atoms with Gasteiger partial charge in [0.2, 0.25) is 5.79 Å². The minimum Gasteiger partial charge on any atom is -0.550 e. The molecule has 1 unspecified atom stereocenters. The molecule has 1 aliphatic rings. The summed E-state index contributed by atoms with van der Waals surface area (Å²) >= 11 is 0. The number of aliphatic hydroxyl groups is 1. The Labute approximate surface area is 331 Å². The number of alkyl halides is 2. The van der Waals surface area contributed by atoms with Crippen molar-refractivity contribution in [2.75, 3.05) is 20.3 Å². The van der Waals surface area contributed by atoms with Crippen molar-refractivity contribution >= 4 is 16.7 Å². The number of nitrogens with one attached hydrogen (secondary N) is 1. The minimum absolute atomic E-state index is 0. The second kappa shape index (κ2) is 17.9. The minimum atomic E-state index is -2.64. The second-order valence-electron chi connectivity index (χ2n) is 13.0. The van der Waals surface area contributed by atoms with Crippen LogP contribution in [-0.2, 0) is 11.2 Å². The zero-order chi connectivity index (χ0) is 39.4. The normalized spacial score (nSPS) is 15.3. The summed E-state index contributed by atoms with van der Waals surface area (Å²) in [7, 11) is 1.60. The van der Waals surface area contributed by atoms with Gasteiger partial charge in [-0.05, 0) is 72.9 Å². The molecular formula is C43H43F4LiN2O5-2. The Kier molecular flexibility index (Phi) is 14.1. The zero-order valence-electron chi connectivity index (χ0n) is 31.7. The van der Waals surface area contributed by atoms with Crippen LogP contribution < -0.4 is 33.7 Å². The van der Waals surface area contributed by atoms with Crippen LogP contribution in [0.4, 0.5) is 17.6 Å². The van der Waals surface area contributed by atoms with Crippen molar-refractivity contribution in [1.29, 1.82) is 0 Å². The quantitative estimate of drug-likeness (QED) is 0.0685. The number of amides is 1. The summed E-state index contributed by atoms with van der Waals surface area (Å²) in [5.41, 5.74) is 4.17. The number of rotatable bonds is 12. The summed E-state index contributed by atoms with van der Waals surface area (Å²) in [4.78, 5) is 17.9. The fraction of sp³-hybridized carbons (Fsp3) is 0.279. The van der Waals surface area contributed by atoms with E-state index in [1.54, 1.807) is 33.2 Å². The number of methoxy groups -OCH3 is 1. The molecule has 0 radical (unpaired) electrons. The first-order valence-electron chi connectivity index (χ1n) is 17.4. The molecule has 5 aromatic rings. The van der Waals surface area contributed by atoms with Crippen molar-refractivity contribution in [3.05, 3.63) is 133 Å². The fourth-order valence-corrected chi connectivity index (χ4v) is 6.34. The van der Waals surface area contributed by atoms with Gasteiger partial charge >= 0.3 is 18.9 Å². The molecule has 0 bridgehead atoms. The van der Waals surface area contributed by atoms with Crippen LogP contribution in [0.2, 0.25) is 0 Å². The zero-order valence-corrected chi connectivity index (χ0v) is 31.7. The Balaban J connectivity index is 0.000000768. The van der Waals surface area contributed by atoms with Crippen molar-refractivity contribution in [3.63, 3.8) is 0 Å². The van der Waals surface area contributed by atoms with Gasteiger partial charge in [0, 0.05) is 34.3 Å². The molecule has 7 nitrogen and oxygen atoms in total. The number of benzene rings is 4. The van der Waals surface area contributed by atoms with E-state index in [2.05, 4.69) is 31.1 Å². The number of aromatic nitrogens is 1. The van der Waals surface area contributed by atoms with E-state index in [1.165, 1.54) is 6.07 Å². The van der Waals surface area contributed by atoms with E-state index >= 15 is 8.78 Å². The number of carbonyl (C=O) groups is 1. The molecule has 2 atom stereocenters. The summed E-state index contributed by atoms with van der Waals surface area (Å²) in [6.07, 6.45) is 1.01. The largest absolute Gasteiger partial charge is 1.00 e. The van der Waals surface area contributed by atoms with E-state index in [0.717, 1.165) is 39.1 Å². The number of hydrogen-bond acceptors (Lipinski definition) is 6. The van der Waals surface area contributed by atoms with Crippen molar-refractivity contribution in [2.24, 2.45) is 0 Å². The summed E-state index contributed by atoms with van der Waals surface area (Å²) in [5.74, 6) is -6.15. The Morgan fingerprint density at radius 1 is 1.00 bits per heavy atom. The van der Waals surface area contributed by atoms with E-state index in [9.17, 15) is 18.7 Å². The number of fused-ring (bicyclic) bond motifs is 1. The van der Waals surface area contributed by atoms with Crippen molar-refractivity contribution in [3.8, 4) is 33.8 Å². The van der Waals surface area contributed by atoms with Gasteiger partial charge in [-0.25, -0.2) is 17.6 Å². The third-order valence-electron chi connectivity index (χ3n) is 9.37. The Hall–Kier alpha value is -4.53. The van der Waals surface area contributed by atoms with Crippen molar-refractivity contribution in [1.82, 2.24) is 10.3 Å². The number of nitrogens with zero attached hydrogens (tertiary/aromatic N) is 1. The number of carbonyl (C=O) groups excluding carboxylic acids is 1. The molecule has 2 heterocycles. The van der Waals surface area contributed by atoms with E-state index in [4.69, 9.17) is 14.2 Å². The van der Waals surface area contributed by atoms with Gasteiger partial charge in [0.25, 0.3) is 5.91 Å². The molecule has 6 rings (SSSR count). The van der Waals surface area contributed by atoms with Crippen LogP contribution in [0.3, 0.4) is 0 Å². The molecule has 0 aliphatic carbocycles. The Bertz CT molecular complexity index is 2130. The summed E-state index contributed by atoms with van der Waals surface area (Å²) in [5, 5.41) is 15.5. The summed E-state index contributed by atoms with van der Waals surface area (Å²) in [6, 6.07) is 18.3. The molecule has 0 spiro atoms. The number of hydrogen-bond donors (Lipinski definition) is 2. The monoisotopic (exact) mass is 750 g/mol. The molecular weight excluding hydrogens is 707 g/mol. The van der Waals surface area contributed by atoms with Gasteiger partial charge in [-0.2, -0.15) is 18.6 Å². The standard InChI is InChI=1S/C38H35F2N2O5.C5H8F2.Li/c1-6-46-36-22(3)13-16-30(45-5)33(36)27-12-8-10-25-24(9-7-11-26(25)27)19-31(38(44)20-47-38)42-37(43)34-29(39)15-14-28(35(34)40)32-21(2)17-18-41-23(32)4;1-3-5(6,7)4-2;/h7-18,31,44H,3,6,19-20H2,1-2,4-5H3,(H,42,43);1-4H2;/q-1;-2;+1/t31-,38?;;/m0../s1. The van der Waals surface area contributed by atoms with Crippen LogP contribution in [0, 0.1) is 46.3 Å². The third kappa shape index (κ3) is 9.30. The fourth-order valence-electron chi connectivity index (χ4n) is 6.34. The van der Waals surface area contributed by atoms with Gasteiger partial charge in [-0.3, -0.25) is 9.78 Å². The average molecular weight is 751 g/mol. The van der Waals surface area contributed by atoms with Crippen LogP contribution in [-0.4, -0.2) is 54.1 Å². The molecule has 2 N–H and O–H groups in total. The molecule has 55 heavy (non-hydrogen) atoms. The molecule has 1 aliphatic heterocycles. The number of epoxide rings is 1. The van der Waals surface area contributed by atoms with Gasteiger partial charge in [-0.1, -0.05) is 42.5 Å². The van der Waals surface area contributed by atoms with Crippen LogP contribution in [0.1, 0.15) is 52.5 Å². The van der Waals surface area contributed by atoms with E-state index in [-0.39, 0.29) is 50.3 Å². The summed E-state index contributed by atoms with van der Waals surface area (Å²) < 4.78 is 71.7. The second-order valence-corrected chi connectivity index (χ2v) is 13.0. The van der Waals surface area contributed by atoms with Gasteiger partial charge in [0.15, 0.2) is 5.92 Å². The maximum absolute atomic E-state index is 16.0. The molecule has 1 aromatic heterocycles. The Morgan fingerprint density at radius 2 is 1.67 bits per heavy atom. The molecule has 1 saturated heterocycles. The van der Waals surface area contributed by atoms with Crippen LogP contribution in [0.15, 0.2) is 72.9 Å². The van der Waals surface area contributed by atoms with E-state index < -0.39 is 40.9 Å². The molecule has 1 amide bonds. The van der Waals surface area contributed by atoms with Crippen LogP contribution in [0.5, 0.6) is 11.5 Å². The first-order chi connectivity index (χ1) is 25.7. The average Bonchev–Trinajstić information content (AvgIpc) is 3.91. The SMILES string of the molecule is [CH2-]CC(F)(F)C[CH2-].[CH2-]c1ccc(OC)c(-c2cccc3c(C[C@H](NC(=O)c4c(F)ccc(-c5c(C)ccnc5C)c4F)C4(O)CO4)cccc23)c1OCC.[Li+]. The number of ether oxygens (including phenoxy) is 3. The van der Waals surface area contributed by atoms with Gasteiger partial charge in [0.1, 0.15) is 29.6 Å². The van der Waals surface area contributed by atoms with Gasteiger partial charge < -0.3 is 38.5 Å². The smallest absolute Gasteiger partial charge is 0.550 e. The third-order valence-corrected chi connectivity index (χ3v) is 9.37. The molecule has 4 aromatic carbocycles. The molecule has 286 valence electrons. The predicted molar refractivity (Wildman–Crippen MR) is 201 cm³/mol. The predicted octanol–water partition coefficient (Wildman–Crippen LogP) is 6.19. The summed E-state index contributed by atoms with van der Waals surface area (Å²) in [6.45, 7) is 16.0. The van der Waals surface area contributed by atoms with E-state index in [1.807, 2.05) is 55.5 Å². The molecule has 0 saturated carbocycles. The van der Waals surface area contributed by atoms with Crippen molar-refractivity contribution in [2.45, 2.75) is 57.8 Å². The van der Waals surface area contributed by atoms with Crippen molar-refractivity contribution < 1.29 is 60.5 Å². The number of halogens is 4. The van der Waals surface area contributed by atoms with Gasteiger partial charge in [-0.15, -0.1) is 12.8 Å². The Morgan fingerprint density at radius 3 is 2.27 bits per heavy atom. The van der Waals surface area contributed by atoms with Gasteiger partial charge in [0.05, 0.1) is 19.8 Å². The molecule has 12 heteroatoms. The first-order valence-corrected chi connectivity index (χ1v) is 17.4. The molecule has 1 fully saturated rings. The maximum atomic E-state index is 16.0. The maximum Gasteiger partial charge on any atom is 1.00 e.